The van der Waals surface area contributed by atoms with Crippen molar-refractivity contribution in [2.24, 2.45) is 0 Å². The fourth-order valence-corrected chi connectivity index (χ4v) is 3.58. The van der Waals surface area contributed by atoms with Gasteiger partial charge in [-0.2, -0.15) is 0 Å². The van der Waals surface area contributed by atoms with Crippen molar-refractivity contribution in [3.63, 3.8) is 0 Å². The Morgan fingerprint density at radius 3 is 2.55 bits per heavy atom. The molecule has 174 valence electrons. The lowest BCUT2D eigenvalue weighted by Gasteiger charge is -2.08. The van der Waals surface area contributed by atoms with Gasteiger partial charge in [-0.3, -0.25) is 14.9 Å². The van der Waals surface area contributed by atoms with Gasteiger partial charge in [0.1, 0.15) is 0 Å². The molecule has 0 fully saturated rings. The van der Waals surface area contributed by atoms with Crippen LogP contribution in [0.1, 0.15) is 43.2 Å². The van der Waals surface area contributed by atoms with Crippen LogP contribution < -0.4 is 10.6 Å². The number of aromatic amines is 1. The third-order valence-electron chi connectivity index (χ3n) is 5.39. The molecule has 0 aliphatic rings. The Bertz CT molecular complexity index is 1110. The normalized spacial score (nSPS) is 10.7. The minimum atomic E-state index is -0.396. The number of nitro groups is 1. The van der Waals surface area contributed by atoms with Gasteiger partial charge in [-0.1, -0.05) is 25.0 Å². The number of esters is 1. The van der Waals surface area contributed by atoms with E-state index in [0.717, 1.165) is 47.7 Å². The highest BCUT2D eigenvalue weighted by Gasteiger charge is 2.11. The number of urea groups is 1. The molecule has 0 aliphatic carbocycles. The van der Waals surface area contributed by atoms with Gasteiger partial charge in [0.05, 0.1) is 12.0 Å². The zero-order valence-corrected chi connectivity index (χ0v) is 18.6. The molecule has 33 heavy (non-hydrogen) atoms. The van der Waals surface area contributed by atoms with E-state index in [1.165, 1.54) is 13.2 Å². The third-order valence-corrected chi connectivity index (χ3v) is 5.39. The first-order valence-corrected chi connectivity index (χ1v) is 10.9. The smallest absolute Gasteiger partial charge is 0.319 e. The third kappa shape index (κ3) is 7.06. The molecular weight excluding hydrogens is 424 g/mol. The van der Waals surface area contributed by atoms with Crippen molar-refractivity contribution in [1.29, 1.82) is 0 Å². The first-order valence-electron chi connectivity index (χ1n) is 10.9. The largest absolute Gasteiger partial charge is 0.469 e. The number of nitrogens with zero attached hydrogens (tertiary/aromatic N) is 1. The molecule has 3 aromatic rings. The lowest BCUT2D eigenvalue weighted by molar-refractivity contribution is -0.384. The summed E-state index contributed by atoms with van der Waals surface area (Å²) in [7, 11) is 1.39. The zero-order chi connectivity index (χ0) is 23.6. The summed E-state index contributed by atoms with van der Waals surface area (Å²) in [5, 5.41) is 17.5. The monoisotopic (exact) mass is 452 g/mol. The van der Waals surface area contributed by atoms with Gasteiger partial charge in [0.15, 0.2) is 0 Å². The van der Waals surface area contributed by atoms with E-state index >= 15 is 0 Å². The van der Waals surface area contributed by atoms with Crippen LogP contribution in [0.5, 0.6) is 0 Å². The van der Waals surface area contributed by atoms with E-state index in [2.05, 4.69) is 20.4 Å². The van der Waals surface area contributed by atoms with Gasteiger partial charge in [-0.05, 0) is 48.6 Å². The Morgan fingerprint density at radius 1 is 1.06 bits per heavy atom. The number of aromatic nitrogens is 1. The molecule has 9 nitrogen and oxygen atoms in total. The van der Waals surface area contributed by atoms with E-state index in [1.807, 2.05) is 30.5 Å². The van der Waals surface area contributed by atoms with Gasteiger partial charge < -0.3 is 20.4 Å². The molecule has 2 amide bonds. The number of non-ortho nitro benzene ring substituents is 1. The van der Waals surface area contributed by atoms with Crippen LogP contribution in [0.2, 0.25) is 0 Å². The lowest BCUT2D eigenvalue weighted by Crippen LogP contribution is -2.29. The average Bonchev–Trinajstić information content (AvgIpc) is 3.21. The highest BCUT2D eigenvalue weighted by Crippen LogP contribution is 2.25. The summed E-state index contributed by atoms with van der Waals surface area (Å²) in [6, 6.07) is 12.0. The van der Waals surface area contributed by atoms with Crippen LogP contribution in [0.3, 0.4) is 0 Å². The predicted octanol–water partition coefficient (Wildman–Crippen LogP) is 4.91. The van der Waals surface area contributed by atoms with Gasteiger partial charge in [-0.15, -0.1) is 0 Å². The van der Waals surface area contributed by atoms with E-state index < -0.39 is 4.92 Å². The molecule has 0 radical (unpaired) electrons. The number of methoxy groups -OCH3 is 1. The number of hydrogen-bond acceptors (Lipinski definition) is 5. The molecule has 0 atom stereocenters. The van der Waals surface area contributed by atoms with Crippen molar-refractivity contribution in [3.8, 4) is 0 Å². The highest BCUT2D eigenvalue weighted by molar-refractivity contribution is 5.89. The summed E-state index contributed by atoms with van der Waals surface area (Å²) in [6.07, 6.45) is 6.40. The number of carbonyl (C=O) groups is 2. The molecule has 1 aromatic heterocycles. The average molecular weight is 453 g/mol. The number of rotatable bonds is 11. The molecule has 1 heterocycles. The summed E-state index contributed by atoms with van der Waals surface area (Å²) < 4.78 is 4.60. The first-order chi connectivity index (χ1) is 16.0. The van der Waals surface area contributed by atoms with Crippen molar-refractivity contribution in [1.82, 2.24) is 10.3 Å². The van der Waals surface area contributed by atoms with Gasteiger partial charge in [0.2, 0.25) is 0 Å². The van der Waals surface area contributed by atoms with Crippen LogP contribution in [0.25, 0.3) is 10.9 Å². The molecule has 0 saturated heterocycles. The van der Waals surface area contributed by atoms with Crippen molar-refractivity contribution in [2.45, 2.75) is 38.5 Å². The van der Waals surface area contributed by atoms with Gasteiger partial charge >= 0.3 is 12.0 Å². The van der Waals surface area contributed by atoms with Crippen LogP contribution in [0.15, 0.2) is 48.7 Å². The lowest BCUT2D eigenvalue weighted by atomic mass is 10.0. The summed E-state index contributed by atoms with van der Waals surface area (Å²) >= 11 is 0. The van der Waals surface area contributed by atoms with E-state index in [9.17, 15) is 19.7 Å². The highest BCUT2D eigenvalue weighted by atomic mass is 16.6. The number of unbranched alkanes of at least 4 members (excludes halogenated alkanes) is 3. The number of amides is 2. The number of fused-ring (bicyclic) bond motifs is 1. The Balaban J connectivity index is 1.43. The maximum atomic E-state index is 12.1. The van der Waals surface area contributed by atoms with Crippen LogP contribution in [-0.2, 0) is 16.0 Å². The Kier molecular flexibility index (Phi) is 8.40. The van der Waals surface area contributed by atoms with Crippen molar-refractivity contribution < 1.29 is 19.2 Å². The van der Waals surface area contributed by atoms with Gasteiger partial charge in [-0.25, -0.2) is 4.79 Å². The fourth-order valence-electron chi connectivity index (χ4n) is 3.58. The maximum absolute atomic E-state index is 12.1. The summed E-state index contributed by atoms with van der Waals surface area (Å²) in [5.74, 6) is -0.191. The minimum absolute atomic E-state index is 0.0649. The summed E-state index contributed by atoms with van der Waals surface area (Å²) in [5.41, 5.74) is 3.60. The van der Waals surface area contributed by atoms with E-state index in [-0.39, 0.29) is 17.7 Å². The molecule has 0 bridgehead atoms. The van der Waals surface area contributed by atoms with E-state index in [4.69, 9.17) is 0 Å². The van der Waals surface area contributed by atoms with Crippen molar-refractivity contribution in [2.75, 3.05) is 19.0 Å². The van der Waals surface area contributed by atoms with Gasteiger partial charge in [0, 0.05) is 47.9 Å². The first kappa shape index (κ1) is 23.8. The van der Waals surface area contributed by atoms with Crippen LogP contribution >= 0.6 is 0 Å². The number of ether oxygens (including phenoxy) is 1. The van der Waals surface area contributed by atoms with E-state index in [0.29, 0.717) is 25.1 Å². The van der Waals surface area contributed by atoms with Crippen LogP contribution in [-0.4, -0.2) is 35.6 Å². The number of nitro benzene ring substituents is 1. The second kappa shape index (κ2) is 11.7. The minimum Gasteiger partial charge on any atom is -0.469 e. The number of hydrogen-bond donors (Lipinski definition) is 3. The molecule has 3 rings (SSSR count). The van der Waals surface area contributed by atoms with E-state index in [1.54, 1.807) is 12.1 Å². The molecule has 0 unspecified atom stereocenters. The number of anilines is 1. The summed E-state index contributed by atoms with van der Waals surface area (Å²) in [4.78, 5) is 36.9. The molecule has 0 aliphatic heterocycles. The second-order valence-corrected chi connectivity index (χ2v) is 7.80. The standard InChI is InChI=1S/C24H28N4O5/c1-33-23(29)6-4-2-3-5-13-25-24(30)27-19-9-7-17(8-10-19)14-18-16-26-22-12-11-20(28(31)32)15-21(18)22/h7-12,15-16,26H,2-6,13-14H2,1H3,(H2,25,27,30). The molecular formula is C24H28N4O5. The Morgan fingerprint density at radius 2 is 1.82 bits per heavy atom. The predicted molar refractivity (Wildman–Crippen MR) is 126 cm³/mol. The maximum Gasteiger partial charge on any atom is 0.319 e. The fraction of sp³-hybridized carbons (Fsp3) is 0.333. The number of H-pyrrole nitrogens is 1. The quantitative estimate of drug-likeness (QED) is 0.165. The second-order valence-electron chi connectivity index (χ2n) is 7.80. The molecule has 3 N–H and O–H groups in total. The van der Waals surface area contributed by atoms with Crippen molar-refractivity contribution >= 4 is 34.3 Å². The van der Waals surface area contributed by atoms with Crippen LogP contribution in [0.4, 0.5) is 16.2 Å². The molecule has 0 spiro atoms. The Hall–Kier alpha value is -3.88. The SMILES string of the molecule is COC(=O)CCCCCCNC(=O)Nc1ccc(Cc2c[nH]c3ccc([N+](=O)[O-])cc23)cc1. The number of nitrogens with one attached hydrogen (secondary N) is 3. The van der Waals surface area contributed by atoms with Gasteiger partial charge in [0.25, 0.3) is 5.69 Å². The van der Waals surface area contributed by atoms with Crippen molar-refractivity contribution in [3.05, 3.63) is 69.9 Å². The molecule has 0 saturated carbocycles. The molecule has 2 aromatic carbocycles. The van der Waals surface area contributed by atoms with Crippen LogP contribution in [0, 0.1) is 10.1 Å². The topological polar surface area (TPSA) is 126 Å². The Labute approximate surface area is 191 Å². The summed E-state index contributed by atoms with van der Waals surface area (Å²) in [6.45, 7) is 0.564. The zero-order valence-electron chi connectivity index (χ0n) is 18.6. The number of carbonyl (C=O) groups excluding carboxylic acids is 2. The molecule has 9 heteroatoms. The number of benzene rings is 2.